The molecule has 0 saturated heterocycles. The standard InChI is InChI=1S/C15H18ClNO3/c1-3-4-8-14(18)17(2)13(15(19)20)10-11-6-5-7-12(16)9-11/h3,5-7,9,13H,1,4,8,10H2,2H3,(H,19,20)/t13-/m0/s1. The molecule has 0 heterocycles. The summed E-state index contributed by atoms with van der Waals surface area (Å²) in [7, 11) is 1.51. The van der Waals surface area contributed by atoms with E-state index in [2.05, 4.69) is 6.58 Å². The number of hydrogen-bond acceptors (Lipinski definition) is 2. The molecule has 0 aliphatic carbocycles. The van der Waals surface area contributed by atoms with Crippen LogP contribution in [0, 0.1) is 0 Å². The monoisotopic (exact) mass is 295 g/mol. The Morgan fingerprint density at radius 3 is 2.75 bits per heavy atom. The van der Waals surface area contributed by atoms with Gasteiger partial charge in [0.2, 0.25) is 5.91 Å². The SMILES string of the molecule is C=CCCC(=O)N(C)[C@@H](Cc1cccc(Cl)c1)C(=O)O. The highest BCUT2D eigenvalue weighted by molar-refractivity contribution is 6.30. The first-order chi connectivity index (χ1) is 9.45. The molecular formula is C15H18ClNO3. The van der Waals surface area contributed by atoms with Crippen molar-refractivity contribution in [1.29, 1.82) is 0 Å². The lowest BCUT2D eigenvalue weighted by molar-refractivity contribution is -0.148. The van der Waals surface area contributed by atoms with Gasteiger partial charge in [-0.3, -0.25) is 4.79 Å². The van der Waals surface area contributed by atoms with E-state index >= 15 is 0 Å². The Balaban J connectivity index is 2.81. The summed E-state index contributed by atoms with van der Waals surface area (Å²) in [5, 5.41) is 9.85. The molecule has 108 valence electrons. The van der Waals surface area contributed by atoms with Crippen molar-refractivity contribution < 1.29 is 14.7 Å². The predicted molar refractivity (Wildman–Crippen MR) is 78.8 cm³/mol. The summed E-state index contributed by atoms with van der Waals surface area (Å²) in [6.45, 7) is 3.55. The van der Waals surface area contributed by atoms with Crippen molar-refractivity contribution in [2.24, 2.45) is 0 Å². The first-order valence-corrected chi connectivity index (χ1v) is 6.67. The highest BCUT2D eigenvalue weighted by atomic mass is 35.5. The molecule has 0 fully saturated rings. The lowest BCUT2D eigenvalue weighted by Crippen LogP contribution is -2.43. The van der Waals surface area contributed by atoms with Crippen molar-refractivity contribution in [2.45, 2.75) is 25.3 Å². The maximum atomic E-state index is 11.9. The number of amides is 1. The van der Waals surface area contributed by atoms with E-state index in [1.54, 1.807) is 30.3 Å². The fourth-order valence-electron chi connectivity index (χ4n) is 1.85. The van der Waals surface area contributed by atoms with E-state index in [0.717, 1.165) is 5.56 Å². The zero-order chi connectivity index (χ0) is 15.1. The van der Waals surface area contributed by atoms with E-state index in [1.165, 1.54) is 11.9 Å². The van der Waals surface area contributed by atoms with Gasteiger partial charge in [0, 0.05) is 24.9 Å². The summed E-state index contributed by atoms with van der Waals surface area (Å²) < 4.78 is 0. The molecule has 20 heavy (non-hydrogen) atoms. The molecule has 0 aliphatic rings. The molecule has 0 saturated carbocycles. The molecule has 0 aromatic heterocycles. The van der Waals surface area contributed by atoms with Crippen LogP contribution in [0.25, 0.3) is 0 Å². The van der Waals surface area contributed by atoms with Crippen molar-refractivity contribution in [2.75, 3.05) is 7.05 Å². The van der Waals surface area contributed by atoms with Crippen LogP contribution < -0.4 is 0 Å². The number of aliphatic carboxylic acids is 1. The summed E-state index contributed by atoms with van der Waals surface area (Å²) in [4.78, 5) is 24.5. The second-order valence-corrected chi connectivity index (χ2v) is 4.96. The molecule has 0 bridgehead atoms. The maximum Gasteiger partial charge on any atom is 0.326 e. The van der Waals surface area contributed by atoms with Gasteiger partial charge >= 0.3 is 5.97 Å². The van der Waals surface area contributed by atoms with Gasteiger partial charge in [0.25, 0.3) is 0 Å². The van der Waals surface area contributed by atoms with E-state index in [9.17, 15) is 14.7 Å². The molecule has 1 rings (SSSR count). The van der Waals surface area contributed by atoms with Crippen molar-refractivity contribution in [3.63, 3.8) is 0 Å². The number of carbonyl (C=O) groups excluding carboxylic acids is 1. The number of allylic oxidation sites excluding steroid dienone is 1. The van der Waals surface area contributed by atoms with Gasteiger partial charge in [-0.1, -0.05) is 29.8 Å². The molecule has 0 spiro atoms. The molecular weight excluding hydrogens is 278 g/mol. The van der Waals surface area contributed by atoms with Crippen LogP contribution in [0.3, 0.4) is 0 Å². The lowest BCUT2D eigenvalue weighted by Gasteiger charge is -2.25. The molecule has 0 radical (unpaired) electrons. The Hall–Kier alpha value is -1.81. The predicted octanol–water partition coefficient (Wildman–Crippen LogP) is 2.76. The number of likely N-dealkylation sites (N-methyl/N-ethyl adjacent to an activating group) is 1. The van der Waals surface area contributed by atoms with E-state index in [4.69, 9.17) is 11.6 Å². The minimum absolute atomic E-state index is 0.209. The zero-order valence-electron chi connectivity index (χ0n) is 11.4. The average Bonchev–Trinajstić information content (AvgIpc) is 2.41. The van der Waals surface area contributed by atoms with Crippen molar-refractivity contribution in [3.05, 3.63) is 47.5 Å². The van der Waals surface area contributed by atoms with E-state index in [1.807, 2.05) is 0 Å². The Bertz CT molecular complexity index is 502. The topological polar surface area (TPSA) is 57.6 Å². The number of hydrogen-bond donors (Lipinski definition) is 1. The van der Waals surface area contributed by atoms with Gasteiger partial charge in [-0.15, -0.1) is 6.58 Å². The van der Waals surface area contributed by atoms with Crippen LogP contribution >= 0.6 is 11.6 Å². The molecule has 5 heteroatoms. The van der Waals surface area contributed by atoms with Crippen LogP contribution in [0.2, 0.25) is 5.02 Å². The molecule has 4 nitrogen and oxygen atoms in total. The lowest BCUT2D eigenvalue weighted by atomic mass is 10.0. The van der Waals surface area contributed by atoms with E-state index in [0.29, 0.717) is 11.4 Å². The summed E-state index contributed by atoms with van der Waals surface area (Å²) in [5.41, 5.74) is 0.785. The number of carboxylic acid groups (broad SMARTS) is 1. The fourth-order valence-corrected chi connectivity index (χ4v) is 2.07. The van der Waals surface area contributed by atoms with Crippen molar-refractivity contribution in [3.8, 4) is 0 Å². The maximum absolute atomic E-state index is 11.9. The van der Waals surface area contributed by atoms with Crippen LogP contribution in [0.1, 0.15) is 18.4 Å². The number of carboxylic acids is 1. The minimum atomic E-state index is -1.03. The van der Waals surface area contributed by atoms with Crippen molar-refractivity contribution in [1.82, 2.24) is 4.90 Å². The summed E-state index contributed by atoms with van der Waals surface area (Å²) in [5.74, 6) is -1.24. The zero-order valence-corrected chi connectivity index (χ0v) is 12.1. The van der Waals surface area contributed by atoms with Crippen LogP contribution in [-0.2, 0) is 16.0 Å². The molecule has 0 aliphatic heterocycles. The van der Waals surface area contributed by atoms with E-state index in [-0.39, 0.29) is 18.7 Å². The Kier molecular flexibility index (Phi) is 6.25. The third kappa shape index (κ3) is 4.70. The van der Waals surface area contributed by atoms with Gasteiger partial charge in [0.15, 0.2) is 0 Å². The molecule has 1 amide bonds. The highest BCUT2D eigenvalue weighted by Crippen LogP contribution is 2.15. The first kappa shape index (κ1) is 16.2. The average molecular weight is 296 g/mol. The summed E-state index contributed by atoms with van der Waals surface area (Å²) in [6.07, 6.45) is 2.66. The van der Waals surface area contributed by atoms with Gasteiger partial charge in [-0.25, -0.2) is 4.79 Å². The smallest absolute Gasteiger partial charge is 0.326 e. The number of nitrogens with zero attached hydrogens (tertiary/aromatic N) is 1. The van der Waals surface area contributed by atoms with Gasteiger partial charge in [-0.05, 0) is 24.1 Å². The second kappa shape index (κ2) is 7.70. The molecule has 1 N–H and O–H groups in total. The largest absolute Gasteiger partial charge is 0.480 e. The Labute approximate surface area is 123 Å². The number of rotatable bonds is 7. The highest BCUT2D eigenvalue weighted by Gasteiger charge is 2.26. The summed E-state index contributed by atoms with van der Waals surface area (Å²) >= 11 is 5.88. The molecule has 1 aromatic rings. The molecule has 1 atom stereocenters. The molecule has 0 unspecified atom stereocenters. The number of halogens is 1. The second-order valence-electron chi connectivity index (χ2n) is 4.52. The Morgan fingerprint density at radius 2 is 2.20 bits per heavy atom. The third-order valence-corrected chi connectivity index (χ3v) is 3.26. The number of carbonyl (C=O) groups is 2. The fraction of sp³-hybridized carbons (Fsp3) is 0.333. The summed E-state index contributed by atoms with van der Waals surface area (Å²) in [6, 6.07) is 6.09. The van der Waals surface area contributed by atoms with Crippen LogP contribution in [0.15, 0.2) is 36.9 Å². The van der Waals surface area contributed by atoms with Crippen LogP contribution in [0.4, 0.5) is 0 Å². The molecule has 1 aromatic carbocycles. The number of benzene rings is 1. The minimum Gasteiger partial charge on any atom is -0.480 e. The van der Waals surface area contributed by atoms with Gasteiger partial charge in [0.05, 0.1) is 0 Å². The Morgan fingerprint density at radius 1 is 1.50 bits per heavy atom. The van der Waals surface area contributed by atoms with Crippen molar-refractivity contribution >= 4 is 23.5 Å². The van der Waals surface area contributed by atoms with E-state index < -0.39 is 12.0 Å². The van der Waals surface area contributed by atoms with Crippen LogP contribution in [0.5, 0.6) is 0 Å². The van der Waals surface area contributed by atoms with Gasteiger partial charge in [0.1, 0.15) is 6.04 Å². The normalized spacial score (nSPS) is 11.7. The van der Waals surface area contributed by atoms with Gasteiger partial charge < -0.3 is 10.0 Å². The van der Waals surface area contributed by atoms with Gasteiger partial charge in [-0.2, -0.15) is 0 Å². The quantitative estimate of drug-likeness (QED) is 0.787. The van der Waals surface area contributed by atoms with Crippen LogP contribution in [-0.4, -0.2) is 35.0 Å². The third-order valence-electron chi connectivity index (χ3n) is 3.03. The first-order valence-electron chi connectivity index (χ1n) is 6.29.